The van der Waals surface area contributed by atoms with E-state index in [-0.39, 0.29) is 30.1 Å². The average Bonchev–Trinajstić information content (AvgIpc) is 3.26. The number of ether oxygens (including phenoxy) is 2. The van der Waals surface area contributed by atoms with Crippen molar-refractivity contribution in [2.75, 3.05) is 46.9 Å². The zero-order valence-corrected chi connectivity index (χ0v) is 23.2. The van der Waals surface area contributed by atoms with E-state index in [9.17, 15) is 9.59 Å². The van der Waals surface area contributed by atoms with Gasteiger partial charge < -0.3 is 14.8 Å². The van der Waals surface area contributed by atoms with E-state index < -0.39 is 0 Å². The monoisotopic (exact) mass is 621 g/mol. The molecule has 0 bridgehead atoms. The van der Waals surface area contributed by atoms with Gasteiger partial charge >= 0.3 is 0 Å². The summed E-state index contributed by atoms with van der Waals surface area (Å²) in [6, 6.07) is 5.74. The van der Waals surface area contributed by atoms with Gasteiger partial charge in [-0.15, -0.1) is 23.7 Å². The smallest absolute Gasteiger partial charge is 0.234 e. The molecule has 1 fully saturated rings. The van der Waals surface area contributed by atoms with Crippen molar-refractivity contribution in [3.8, 4) is 11.5 Å². The van der Waals surface area contributed by atoms with Gasteiger partial charge in [-0.25, -0.2) is 0 Å². The number of halogens is 3. The maximum atomic E-state index is 12.7. The summed E-state index contributed by atoms with van der Waals surface area (Å²) in [5, 5.41) is 3.06. The van der Waals surface area contributed by atoms with Crippen LogP contribution in [-0.4, -0.2) is 68.4 Å². The molecule has 1 unspecified atom stereocenters. The Morgan fingerprint density at radius 2 is 1.76 bits per heavy atom. The maximum absolute atomic E-state index is 12.7. The molecule has 11 heteroatoms. The predicted molar refractivity (Wildman–Crippen MR) is 138 cm³/mol. The number of piperazine rings is 1. The van der Waals surface area contributed by atoms with Gasteiger partial charge in [-0.1, -0.05) is 6.07 Å². The molecule has 33 heavy (non-hydrogen) atoms. The van der Waals surface area contributed by atoms with Gasteiger partial charge in [-0.05, 0) is 49.6 Å². The van der Waals surface area contributed by atoms with Crippen LogP contribution in [0.2, 0.25) is 0 Å². The van der Waals surface area contributed by atoms with Gasteiger partial charge in [0.1, 0.15) is 0 Å². The number of methoxy groups -OCH3 is 2. The molecule has 1 aliphatic carbocycles. The van der Waals surface area contributed by atoms with Crippen molar-refractivity contribution >= 4 is 67.3 Å². The highest BCUT2D eigenvalue weighted by Gasteiger charge is 2.36. The van der Waals surface area contributed by atoms with Crippen LogP contribution in [0.4, 0.5) is 0 Å². The Kier molecular flexibility index (Phi) is 9.22. The van der Waals surface area contributed by atoms with Crippen LogP contribution in [0, 0.1) is 0 Å². The number of fused-ring (bicyclic) bond motifs is 1. The fourth-order valence-corrected chi connectivity index (χ4v) is 7.63. The quantitative estimate of drug-likeness (QED) is 0.497. The van der Waals surface area contributed by atoms with Crippen LogP contribution in [0.25, 0.3) is 0 Å². The van der Waals surface area contributed by atoms with Crippen LogP contribution in [0.5, 0.6) is 11.5 Å². The second kappa shape index (κ2) is 11.5. The van der Waals surface area contributed by atoms with Gasteiger partial charge in [0, 0.05) is 50.3 Å². The molecule has 2 aromatic rings. The molecule has 1 aromatic heterocycles. The number of rotatable bonds is 7. The van der Waals surface area contributed by atoms with Gasteiger partial charge in [-0.3, -0.25) is 19.4 Å². The zero-order chi connectivity index (χ0) is 22.8. The number of ketones is 1. The summed E-state index contributed by atoms with van der Waals surface area (Å²) in [5.74, 6) is 1.49. The second-order valence-corrected chi connectivity index (χ2v) is 11.6. The van der Waals surface area contributed by atoms with Crippen molar-refractivity contribution in [2.24, 2.45) is 0 Å². The lowest BCUT2D eigenvalue weighted by Gasteiger charge is -2.34. The first-order valence-corrected chi connectivity index (χ1v) is 12.8. The predicted octanol–water partition coefficient (Wildman–Crippen LogP) is 4.27. The molecular weight excluding hydrogens is 598 g/mol. The number of Topliss-reactive ketones (excluding diaryl/α,β-unsaturated/α-hetero) is 1. The van der Waals surface area contributed by atoms with Crippen LogP contribution in [0.1, 0.15) is 33.9 Å². The van der Waals surface area contributed by atoms with Crippen LogP contribution in [0.3, 0.4) is 0 Å². The molecule has 7 nitrogen and oxygen atoms in total. The molecule has 1 amide bonds. The average molecular weight is 624 g/mol. The molecule has 1 aromatic carbocycles. The minimum absolute atomic E-state index is 0. The van der Waals surface area contributed by atoms with E-state index in [2.05, 4.69) is 53.0 Å². The minimum atomic E-state index is -0.256. The maximum Gasteiger partial charge on any atom is 0.234 e. The highest BCUT2D eigenvalue weighted by Crippen LogP contribution is 2.46. The molecule has 1 atom stereocenters. The van der Waals surface area contributed by atoms with Gasteiger partial charge in [0.05, 0.1) is 34.4 Å². The third-order valence-electron chi connectivity index (χ3n) is 5.90. The SMILES string of the molecule is COc1ccc(CN2CCN(CC(=O)NC3CC(=O)c4c(Br)sc(Br)c43)CC2)cc1OC.Cl. The molecule has 2 aliphatic rings. The number of carbonyl (C=O) groups excluding carboxylic acids is 2. The zero-order valence-electron chi connectivity index (χ0n) is 18.4. The number of nitrogens with zero attached hydrogens (tertiary/aromatic N) is 2. The Hall–Kier alpha value is -1.17. The van der Waals surface area contributed by atoms with Crippen molar-refractivity contribution in [3.05, 3.63) is 42.5 Å². The Morgan fingerprint density at radius 1 is 1.09 bits per heavy atom. The number of thiophene rings is 1. The molecule has 4 rings (SSSR count). The summed E-state index contributed by atoms with van der Waals surface area (Å²) < 4.78 is 12.4. The topological polar surface area (TPSA) is 71.1 Å². The van der Waals surface area contributed by atoms with E-state index in [1.165, 1.54) is 16.9 Å². The molecule has 0 saturated carbocycles. The number of benzene rings is 1. The van der Waals surface area contributed by atoms with Crippen molar-refractivity contribution in [1.82, 2.24) is 15.1 Å². The minimum Gasteiger partial charge on any atom is -0.493 e. The molecule has 2 heterocycles. The van der Waals surface area contributed by atoms with Gasteiger partial charge in [-0.2, -0.15) is 0 Å². The summed E-state index contributed by atoms with van der Waals surface area (Å²) in [6.45, 7) is 4.58. The summed E-state index contributed by atoms with van der Waals surface area (Å²) >= 11 is 8.46. The first-order chi connectivity index (χ1) is 15.4. The highest BCUT2D eigenvalue weighted by atomic mass is 79.9. The summed E-state index contributed by atoms with van der Waals surface area (Å²) in [5.41, 5.74) is 2.78. The molecule has 0 radical (unpaired) electrons. The first-order valence-electron chi connectivity index (χ1n) is 10.4. The lowest BCUT2D eigenvalue weighted by molar-refractivity contribution is -0.123. The van der Waals surface area contributed by atoms with Crippen molar-refractivity contribution in [1.29, 1.82) is 0 Å². The van der Waals surface area contributed by atoms with Crippen molar-refractivity contribution < 1.29 is 19.1 Å². The summed E-state index contributed by atoms with van der Waals surface area (Å²) in [7, 11) is 3.28. The normalized spacial score (nSPS) is 18.5. The Morgan fingerprint density at radius 3 is 2.42 bits per heavy atom. The number of hydrogen-bond donors (Lipinski definition) is 1. The van der Waals surface area contributed by atoms with Crippen LogP contribution in [-0.2, 0) is 11.3 Å². The van der Waals surface area contributed by atoms with E-state index in [4.69, 9.17) is 9.47 Å². The summed E-state index contributed by atoms with van der Waals surface area (Å²) in [6.07, 6.45) is 0.320. The standard InChI is InChI=1S/C22H25Br2N3O4S.ClH/c1-30-16-4-3-13(9-17(16)31-2)11-26-5-7-27(8-6-26)12-18(29)25-14-10-15(28)20-19(14)21(23)32-22(20)24;/h3-4,9,14H,5-8,10-12H2,1-2H3,(H,25,29);1H. The van der Waals surface area contributed by atoms with Gasteiger partial charge in [0.2, 0.25) is 5.91 Å². The van der Waals surface area contributed by atoms with E-state index in [0.717, 1.165) is 57.4 Å². The summed E-state index contributed by atoms with van der Waals surface area (Å²) in [4.78, 5) is 29.5. The lowest BCUT2D eigenvalue weighted by Crippen LogP contribution is -2.49. The first kappa shape index (κ1) is 26.4. The molecular formula is C22H26Br2ClN3O4S. The molecule has 1 saturated heterocycles. The molecule has 1 aliphatic heterocycles. The van der Waals surface area contributed by atoms with Gasteiger partial charge in [0.25, 0.3) is 0 Å². The third kappa shape index (κ3) is 5.91. The molecule has 0 spiro atoms. The van der Waals surface area contributed by atoms with Crippen molar-refractivity contribution in [3.63, 3.8) is 0 Å². The van der Waals surface area contributed by atoms with E-state index >= 15 is 0 Å². The van der Waals surface area contributed by atoms with Crippen LogP contribution >= 0.6 is 55.6 Å². The van der Waals surface area contributed by atoms with Crippen LogP contribution < -0.4 is 14.8 Å². The van der Waals surface area contributed by atoms with E-state index in [1.54, 1.807) is 14.2 Å². The molecule has 1 N–H and O–H groups in total. The fourth-order valence-electron chi connectivity index (χ4n) is 4.26. The van der Waals surface area contributed by atoms with Crippen molar-refractivity contribution in [2.45, 2.75) is 19.0 Å². The van der Waals surface area contributed by atoms with E-state index in [0.29, 0.717) is 18.5 Å². The van der Waals surface area contributed by atoms with Crippen LogP contribution in [0.15, 0.2) is 25.8 Å². The Balaban J connectivity index is 0.00000306. The highest BCUT2D eigenvalue weighted by molar-refractivity contribution is 9.12. The van der Waals surface area contributed by atoms with E-state index in [1.807, 2.05) is 12.1 Å². The van der Waals surface area contributed by atoms with Gasteiger partial charge in [0.15, 0.2) is 17.3 Å². The lowest BCUT2D eigenvalue weighted by atomic mass is 10.1. The Labute approximate surface area is 220 Å². The second-order valence-electron chi connectivity index (χ2n) is 7.93. The molecule has 180 valence electrons. The Bertz CT molecular complexity index is 1030. The number of hydrogen-bond acceptors (Lipinski definition) is 7. The number of carbonyl (C=O) groups is 2. The third-order valence-corrected chi connectivity index (χ3v) is 8.47. The fraction of sp³-hybridized carbons (Fsp3) is 0.455. The number of nitrogens with one attached hydrogen (secondary N) is 1. The number of amides is 1. The largest absolute Gasteiger partial charge is 0.493 e.